The molecule has 0 saturated heterocycles. The maximum Gasteiger partial charge on any atom is 0.261 e. The molecule has 0 aromatic heterocycles. The SMILES string of the molecule is Cc1cc(C)c(OCCN2C(=O)c3ccccc3C2=O)c(C)c1. The van der Waals surface area contributed by atoms with Gasteiger partial charge in [0.15, 0.2) is 0 Å². The third-order valence-corrected chi connectivity index (χ3v) is 4.04. The van der Waals surface area contributed by atoms with Crippen molar-refractivity contribution in [2.75, 3.05) is 13.2 Å². The van der Waals surface area contributed by atoms with E-state index in [1.54, 1.807) is 24.3 Å². The van der Waals surface area contributed by atoms with Gasteiger partial charge in [0, 0.05) is 0 Å². The van der Waals surface area contributed by atoms with Crippen LogP contribution in [0.25, 0.3) is 0 Å². The van der Waals surface area contributed by atoms with E-state index >= 15 is 0 Å². The molecule has 0 atom stereocenters. The van der Waals surface area contributed by atoms with E-state index in [9.17, 15) is 9.59 Å². The van der Waals surface area contributed by atoms with Crippen LogP contribution in [0, 0.1) is 20.8 Å². The summed E-state index contributed by atoms with van der Waals surface area (Å²) >= 11 is 0. The number of carbonyl (C=O) groups excluding carboxylic acids is 2. The largest absolute Gasteiger partial charge is 0.491 e. The Bertz CT molecular complexity index is 737. The number of aryl methyl sites for hydroxylation is 3. The minimum absolute atomic E-state index is 0.244. The minimum Gasteiger partial charge on any atom is -0.491 e. The molecule has 118 valence electrons. The van der Waals surface area contributed by atoms with Crippen molar-refractivity contribution in [2.24, 2.45) is 0 Å². The van der Waals surface area contributed by atoms with Gasteiger partial charge in [-0.1, -0.05) is 29.8 Å². The lowest BCUT2D eigenvalue weighted by Gasteiger charge is -2.17. The molecule has 0 radical (unpaired) electrons. The molecule has 1 heterocycles. The van der Waals surface area contributed by atoms with Crippen molar-refractivity contribution in [3.8, 4) is 5.75 Å². The number of rotatable bonds is 4. The zero-order valence-electron chi connectivity index (χ0n) is 13.6. The molecule has 2 amide bonds. The Balaban J connectivity index is 1.69. The fraction of sp³-hybridized carbons (Fsp3) is 0.263. The van der Waals surface area contributed by atoms with E-state index in [4.69, 9.17) is 4.74 Å². The van der Waals surface area contributed by atoms with Crippen LogP contribution in [0.3, 0.4) is 0 Å². The van der Waals surface area contributed by atoms with E-state index in [0.717, 1.165) is 16.9 Å². The van der Waals surface area contributed by atoms with Crippen LogP contribution in [0.15, 0.2) is 36.4 Å². The molecule has 0 N–H and O–H groups in total. The van der Waals surface area contributed by atoms with E-state index in [1.807, 2.05) is 20.8 Å². The van der Waals surface area contributed by atoms with Gasteiger partial charge in [0.05, 0.1) is 17.7 Å². The Morgan fingerprint density at radius 3 is 1.96 bits per heavy atom. The summed E-state index contributed by atoms with van der Waals surface area (Å²) in [6.07, 6.45) is 0. The van der Waals surface area contributed by atoms with Crippen molar-refractivity contribution in [1.82, 2.24) is 4.90 Å². The summed E-state index contributed by atoms with van der Waals surface area (Å²) in [6.45, 7) is 6.58. The fourth-order valence-electron chi connectivity index (χ4n) is 3.08. The lowest BCUT2D eigenvalue weighted by atomic mass is 10.1. The van der Waals surface area contributed by atoms with Gasteiger partial charge in [0.2, 0.25) is 0 Å². The normalized spacial score (nSPS) is 13.4. The summed E-state index contributed by atoms with van der Waals surface area (Å²) in [7, 11) is 0. The average molecular weight is 309 g/mol. The zero-order chi connectivity index (χ0) is 16.6. The van der Waals surface area contributed by atoms with Crippen molar-refractivity contribution in [3.63, 3.8) is 0 Å². The van der Waals surface area contributed by atoms with Crippen LogP contribution in [0.5, 0.6) is 5.75 Å². The van der Waals surface area contributed by atoms with E-state index < -0.39 is 0 Å². The second kappa shape index (κ2) is 5.88. The van der Waals surface area contributed by atoms with Crippen LogP contribution in [-0.2, 0) is 0 Å². The van der Waals surface area contributed by atoms with Gasteiger partial charge in [-0.3, -0.25) is 14.5 Å². The van der Waals surface area contributed by atoms with Crippen LogP contribution >= 0.6 is 0 Å². The molecule has 4 heteroatoms. The topological polar surface area (TPSA) is 46.6 Å². The van der Waals surface area contributed by atoms with Gasteiger partial charge < -0.3 is 4.74 Å². The molecule has 0 fully saturated rings. The van der Waals surface area contributed by atoms with E-state index in [-0.39, 0.29) is 25.0 Å². The molecule has 3 rings (SSSR count). The highest BCUT2D eigenvalue weighted by atomic mass is 16.5. The van der Waals surface area contributed by atoms with Gasteiger partial charge in [-0.2, -0.15) is 0 Å². The Labute approximate surface area is 135 Å². The van der Waals surface area contributed by atoms with Crippen LogP contribution < -0.4 is 4.74 Å². The number of fused-ring (bicyclic) bond motifs is 1. The Morgan fingerprint density at radius 2 is 1.43 bits per heavy atom. The van der Waals surface area contributed by atoms with Crippen LogP contribution in [0.2, 0.25) is 0 Å². The molecule has 2 aromatic carbocycles. The number of imide groups is 1. The number of nitrogens with zero attached hydrogens (tertiary/aromatic N) is 1. The van der Waals surface area contributed by atoms with Gasteiger partial charge in [-0.05, 0) is 44.0 Å². The summed E-state index contributed by atoms with van der Waals surface area (Å²) in [5.41, 5.74) is 4.25. The monoisotopic (exact) mass is 309 g/mol. The van der Waals surface area contributed by atoms with Gasteiger partial charge in [-0.15, -0.1) is 0 Å². The van der Waals surface area contributed by atoms with Crippen molar-refractivity contribution in [3.05, 3.63) is 64.2 Å². The van der Waals surface area contributed by atoms with Gasteiger partial charge >= 0.3 is 0 Å². The first-order valence-electron chi connectivity index (χ1n) is 7.65. The summed E-state index contributed by atoms with van der Waals surface area (Å²) < 4.78 is 5.83. The summed E-state index contributed by atoms with van der Waals surface area (Å²) in [6, 6.07) is 11.0. The first kappa shape index (κ1) is 15.3. The predicted octanol–water partition coefficient (Wildman–Crippen LogP) is 3.29. The van der Waals surface area contributed by atoms with Crippen molar-refractivity contribution in [1.29, 1.82) is 0 Å². The lowest BCUT2D eigenvalue weighted by Crippen LogP contribution is -2.33. The molecular weight excluding hydrogens is 290 g/mol. The minimum atomic E-state index is -0.244. The molecule has 1 aliphatic heterocycles. The third-order valence-electron chi connectivity index (χ3n) is 4.04. The Morgan fingerprint density at radius 1 is 0.913 bits per heavy atom. The average Bonchev–Trinajstić information content (AvgIpc) is 2.75. The zero-order valence-corrected chi connectivity index (χ0v) is 13.6. The molecule has 1 aliphatic rings. The van der Waals surface area contributed by atoms with E-state index in [2.05, 4.69) is 12.1 Å². The van der Waals surface area contributed by atoms with E-state index in [0.29, 0.717) is 11.1 Å². The number of hydrogen-bond acceptors (Lipinski definition) is 3. The van der Waals surface area contributed by atoms with Gasteiger partial charge in [-0.25, -0.2) is 0 Å². The number of ether oxygens (including phenoxy) is 1. The lowest BCUT2D eigenvalue weighted by molar-refractivity contribution is 0.0631. The van der Waals surface area contributed by atoms with Crippen molar-refractivity contribution < 1.29 is 14.3 Å². The van der Waals surface area contributed by atoms with Crippen LogP contribution in [0.4, 0.5) is 0 Å². The third kappa shape index (κ3) is 2.72. The Hall–Kier alpha value is -2.62. The number of carbonyl (C=O) groups is 2. The smallest absolute Gasteiger partial charge is 0.261 e. The second-order valence-electron chi connectivity index (χ2n) is 5.88. The first-order valence-corrected chi connectivity index (χ1v) is 7.65. The number of amides is 2. The Kier molecular flexibility index (Phi) is 3.90. The molecule has 0 bridgehead atoms. The highest BCUT2D eigenvalue weighted by Crippen LogP contribution is 2.25. The quantitative estimate of drug-likeness (QED) is 0.814. The fourth-order valence-corrected chi connectivity index (χ4v) is 3.08. The molecular formula is C19H19NO3. The maximum absolute atomic E-state index is 12.3. The first-order chi connectivity index (χ1) is 11.0. The molecule has 0 aliphatic carbocycles. The molecule has 2 aromatic rings. The number of benzene rings is 2. The molecule has 23 heavy (non-hydrogen) atoms. The maximum atomic E-state index is 12.3. The second-order valence-corrected chi connectivity index (χ2v) is 5.88. The van der Waals surface area contributed by atoms with Crippen LogP contribution in [-0.4, -0.2) is 29.9 Å². The molecule has 4 nitrogen and oxygen atoms in total. The number of hydrogen-bond donors (Lipinski definition) is 0. The standard InChI is InChI=1S/C19H19NO3/c1-12-10-13(2)17(14(3)11-12)23-9-8-20-18(21)15-6-4-5-7-16(15)19(20)22/h4-7,10-11H,8-9H2,1-3H3. The molecule has 0 spiro atoms. The predicted molar refractivity (Wildman–Crippen MR) is 88.0 cm³/mol. The van der Waals surface area contributed by atoms with E-state index in [1.165, 1.54) is 10.5 Å². The molecule has 0 saturated carbocycles. The van der Waals surface area contributed by atoms with Crippen molar-refractivity contribution >= 4 is 11.8 Å². The van der Waals surface area contributed by atoms with Crippen LogP contribution in [0.1, 0.15) is 37.4 Å². The van der Waals surface area contributed by atoms with Crippen molar-refractivity contribution in [2.45, 2.75) is 20.8 Å². The summed E-state index contributed by atoms with van der Waals surface area (Å²) in [5.74, 6) is 0.338. The van der Waals surface area contributed by atoms with Gasteiger partial charge in [0.25, 0.3) is 11.8 Å². The highest BCUT2D eigenvalue weighted by Gasteiger charge is 2.34. The molecule has 0 unspecified atom stereocenters. The summed E-state index contributed by atoms with van der Waals surface area (Å²) in [4.78, 5) is 25.8. The highest BCUT2D eigenvalue weighted by molar-refractivity contribution is 6.21. The summed E-state index contributed by atoms with van der Waals surface area (Å²) in [5, 5.41) is 0. The van der Waals surface area contributed by atoms with Gasteiger partial charge in [0.1, 0.15) is 12.4 Å².